The van der Waals surface area contributed by atoms with E-state index in [2.05, 4.69) is 13.8 Å². The molecule has 0 unspecified atom stereocenters. The van der Waals surface area contributed by atoms with Crippen molar-refractivity contribution in [3.8, 4) is 0 Å². The summed E-state index contributed by atoms with van der Waals surface area (Å²) in [7, 11) is 0. The normalized spacial score (nSPS) is 47.0. The summed E-state index contributed by atoms with van der Waals surface area (Å²) in [6.45, 7) is 4.63. The van der Waals surface area contributed by atoms with E-state index in [9.17, 15) is 0 Å². The van der Waals surface area contributed by atoms with Crippen molar-refractivity contribution < 1.29 is 5.11 Å². The molecule has 2 aliphatic carbocycles. The van der Waals surface area contributed by atoms with E-state index in [1.54, 1.807) is 0 Å². The first-order valence-electron chi connectivity index (χ1n) is 3.80. The van der Waals surface area contributed by atoms with Crippen LogP contribution in [0.15, 0.2) is 0 Å². The molecule has 1 heteroatoms. The number of hydrogen-bond acceptors (Lipinski definition) is 1. The number of rotatable bonds is 0. The molecule has 2 rings (SSSR count). The highest BCUT2D eigenvalue weighted by Crippen LogP contribution is 2.66. The predicted octanol–water partition coefficient (Wildman–Crippen LogP) is 1.41. The summed E-state index contributed by atoms with van der Waals surface area (Å²) in [5.41, 5.74) is 0.583. The minimum atomic E-state index is 0.0352. The van der Waals surface area contributed by atoms with Crippen LogP contribution in [0, 0.1) is 17.3 Å². The molecular weight excluding hydrogens is 112 g/mol. The molecule has 0 aromatic heterocycles. The highest BCUT2D eigenvalue weighted by Gasteiger charge is 2.61. The topological polar surface area (TPSA) is 20.2 Å². The molecule has 0 saturated heterocycles. The number of hydrogen-bond donors (Lipinski definition) is 1. The third-order valence-electron chi connectivity index (χ3n) is 3.34. The molecule has 9 heavy (non-hydrogen) atoms. The third-order valence-corrected chi connectivity index (χ3v) is 3.34. The number of fused-ring (bicyclic) bond motifs is 1. The van der Waals surface area contributed by atoms with Crippen LogP contribution < -0.4 is 0 Å². The van der Waals surface area contributed by atoms with Crippen LogP contribution in [0.2, 0.25) is 0 Å². The molecule has 2 aliphatic rings. The minimum absolute atomic E-state index is 0.0352. The summed E-state index contributed by atoms with van der Waals surface area (Å²) >= 11 is 0. The molecular formula is C8H14O. The van der Waals surface area contributed by atoms with Crippen LogP contribution in [-0.2, 0) is 0 Å². The Morgan fingerprint density at radius 3 is 2.00 bits per heavy atom. The molecule has 1 N–H and O–H groups in total. The highest BCUT2D eigenvalue weighted by molar-refractivity contribution is 5.10. The van der Waals surface area contributed by atoms with Crippen LogP contribution >= 0.6 is 0 Å². The van der Waals surface area contributed by atoms with E-state index in [-0.39, 0.29) is 6.10 Å². The zero-order valence-electron chi connectivity index (χ0n) is 6.09. The van der Waals surface area contributed by atoms with Crippen molar-refractivity contribution in [3.05, 3.63) is 0 Å². The largest absolute Gasteiger partial charge is 0.393 e. The first kappa shape index (κ1) is 5.72. The third kappa shape index (κ3) is 0.586. The van der Waals surface area contributed by atoms with Crippen molar-refractivity contribution in [2.24, 2.45) is 17.3 Å². The summed E-state index contributed by atoms with van der Waals surface area (Å²) in [5, 5.41) is 9.16. The van der Waals surface area contributed by atoms with Gasteiger partial charge in [0.15, 0.2) is 0 Å². The van der Waals surface area contributed by atoms with Crippen molar-refractivity contribution in [3.63, 3.8) is 0 Å². The van der Waals surface area contributed by atoms with E-state index in [1.165, 1.54) is 0 Å². The van der Waals surface area contributed by atoms with E-state index in [4.69, 9.17) is 5.11 Å². The molecule has 52 valence electrons. The lowest BCUT2D eigenvalue weighted by Gasteiger charge is -2.10. The maximum Gasteiger partial charge on any atom is 0.0546 e. The molecule has 0 radical (unpaired) electrons. The van der Waals surface area contributed by atoms with Gasteiger partial charge in [-0.05, 0) is 30.1 Å². The van der Waals surface area contributed by atoms with Gasteiger partial charge in [0.25, 0.3) is 0 Å². The maximum absolute atomic E-state index is 9.16. The molecule has 0 heterocycles. The summed E-state index contributed by atoms with van der Waals surface area (Å²) in [4.78, 5) is 0. The minimum Gasteiger partial charge on any atom is -0.393 e. The molecule has 2 saturated carbocycles. The molecule has 0 bridgehead atoms. The van der Waals surface area contributed by atoms with Gasteiger partial charge in [-0.15, -0.1) is 0 Å². The van der Waals surface area contributed by atoms with Gasteiger partial charge in [0, 0.05) is 0 Å². The second kappa shape index (κ2) is 1.34. The molecule has 0 aliphatic heterocycles. The molecule has 2 fully saturated rings. The van der Waals surface area contributed by atoms with Gasteiger partial charge in [-0.25, -0.2) is 0 Å². The molecule has 0 aromatic rings. The van der Waals surface area contributed by atoms with Crippen LogP contribution in [-0.4, -0.2) is 11.2 Å². The Morgan fingerprint density at radius 2 is 1.67 bits per heavy atom. The van der Waals surface area contributed by atoms with Gasteiger partial charge >= 0.3 is 0 Å². The van der Waals surface area contributed by atoms with Crippen molar-refractivity contribution in [2.75, 3.05) is 0 Å². The summed E-state index contributed by atoms with van der Waals surface area (Å²) in [6.07, 6.45) is 2.17. The van der Waals surface area contributed by atoms with Crippen LogP contribution in [0.3, 0.4) is 0 Å². The average molecular weight is 126 g/mol. The Bertz CT molecular complexity index is 126. The van der Waals surface area contributed by atoms with Gasteiger partial charge in [0.1, 0.15) is 0 Å². The standard InChI is InChI=1S/C8H14O/c1-8(2)6-3-5(9)4-7(6)8/h5-7,9H,3-4H2,1-2H3/t6-,7-/m1/s1. The van der Waals surface area contributed by atoms with Gasteiger partial charge in [-0.3, -0.25) is 0 Å². The fraction of sp³-hybridized carbons (Fsp3) is 1.00. The van der Waals surface area contributed by atoms with Gasteiger partial charge < -0.3 is 5.11 Å². The quantitative estimate of drug-likeness (QED) is 0.520. The van der Waals surface area contributed by atoms with Crippen molar-refractivity contribution in [2.45, 2.75) is 32.8 Å². The zero-order chi connectivity index (χ0) is 6.65. The van der Waals surface area contributed by atoms with Gasteiger partial charge in [-0.2, -0.15) is 0 Å². The van der Waals surface area contributed by atoms with Gasteiger partial charge in [-0.1, -0.05) is 13.8 Å². The van der Waals surface area contributed by atoms with Crippen LogP contribution in [0.4, 0.5) is 0 Å². The zero-order valence-corrected chi connectivity index (χ0v) is 6.09. The smallest absolute Gasteiger partial charge is 0.0546 e. The van der Waals surface area contributed by atoms with Gasteiger partial charge in [0.2, 0.25) is 0 Å². The Morgan fingerprint density at radius 1 is 1.22 bits per heavy atom. The molecule has 0 spiro atoms. The summed E-state index contributed by atoms with van der Waals surface area (Å²) in [5.74, 6) is 1.71. The summed E-state index contributed by atoms with van der Waals surface area (Å²) < 4.78 is 0. The maximum atomic E-state index is 9.16. The molecule has 2 atom stereocenters. The van der Waals surface area contributed by atoms with Gasteiger partial charge in [0.05, 0.1) is 6.10 Å². The van der Waals surface area contributed by atoms with Crippen molar-refractivity contribution in [1.82, 2.24) is 0 Å². The lowest BCUT2D eigenvalue weighted by molar-refractivity contribution is 0.151. The van der Waals surface area contributed by atoms with Crippen LogP contribution in [0.25, 0.3) is 0 Å². The molecule has 0 amide bonds. The predicted molar refractivity (Wildman–Crippen MR) is 36.0 cm³/mol. The van der Waals surface area contributed by atoms with E-state index in [0.29, 0.717) is 5.41 Å². The molecule has 0 aromatic carbocycles. The second-order valence-corrected chi connectivity index (χ2v) is 4.16. The Kier molecular flexibility index (Phi) is 0.852. The van der Waals surface area contributed by atoms with E-state index in [0.717, 1.165) is 24.7 Å². The summed E-state index contributed by atoms with van der Waals surface area (Å²) in [6, 6.07) is 0. The van der Waals surface area contributed by atoms with E-state index in [1.807, 2.05) is 0 Å². The lowest BCUT2D eigenvalue weighted by Crippen LogP contribution is -2.08. The average Bonchev–Trinajstić information content (AvgIpc) is 2.27. The lowest BCUT2D eigenvalue weighted by atomic mass is 9.99. The van der Waals surface area contributed by atoms with Crippen LogP contribution in [0.1, 0.15) is 26.7 Å². The number of aliphatic hydroxyl groups is 1. The highest BCUT2D eigenvalue weighted by atomic mass is 16.3. The fourth-order valence-electron chi connectivity index (χ4n) is 2.48. The second-order valence-electron chi connectivity index (χ2n) is 4.16. The van der Waals surface area contributed by atoms with Crippen molar-refractivity contribution in [1.29, 1.82) is 0 Å². The monoisotopic (exact) mass is 126 g/mol. The van der Waals surface area contributed by atoms with Crippen LogP contribution in [0.5, 0.6) is 0 Å². The van der Waals surface area contributed by atoms with E-state index < -0.39 is 0 Å². The Hall–Kier alpha value is -0.0400. The number of aliphatic hydroxyl groups excluding tert-OH is 1. The fourth-order valence-corrected chi connectivity index (χ4v) is 2.48. The Labute approximate surface area is 56.1 Å². The van der Waals surface area contributed by atoms with Crippen molar-refractivity contribution >= 4 is 0 Å². The first-order valence-corrected chi connectivity index (χ1v) is 3.80. The Balaban J connectivity index is 2.06. The molecule has 1 nitrogen and oxygen atoms in total. The van der Waals surface area contributed by atoms with E-state index >= 15 is 0 Å². The SMILES string of the molecule is CC1(C)[C@@H]2CC(O)C[C@H]21. The first-order chi connectivity index (χ1) is 4.12.